The Morgan fingerprint density at radius 2 is 1.32 bits per heavy atom. The molecule has 1 atom stereocenters. The highest BCUT2D eigenvalue weighted by atomic mass is 19.1. The van der Waals surface area contributed by atoms with Crippen molar-refractivity contribution in [2.75, 3.05) is 7.11 Å². The number of hydrogen-bond acceptors (Lipinski definition) is 5. The Labute approximate surface area is 221 Å². The van der Waals surface area contributed by atoms with Crippen molar-refractivity contribution in [2.45, 2.75) is 25.7 Å². The van der Waals surface area contributed by atoms with Crippen LogP contribution in [-0.2, 0) is 29.2 Å². The molecule has 0 radical (unpaired) electrons. The van der Waals surface area contributed by atoms with Gasteiger partial charge < -0.3 is 19.5 Å². The molecule has 0 bridgehead atoms. The van der Waals surface area contributed by atoms with Gasteiger partial charge in [0.2, 0.25) is 0 Å². The Morgan fingerprint density at radius 1 is 0.737 bits per heavy atom. The second-order valence-corrected chi connectivity index (χ2v) is 8.56. The minimum absolute atomic E-state index is 0.105. The third-order valence-electron chi connectivity index (χ3n) is 5.83. The molecule has 7 heteroatoms. The van der Waals surface area contributed by atoms with Crippen LogP contribution in [0.5, 0.6) is 11.5 Å². The summed E-state index contributed by atoms with van der Waals surface area (Å²) in [6, 6.07) is 29.4. The standard InChI is InChI=1S/C31H28FNO5/c1-36-31(35)27(33-30(34)25-14-8-9-15-26(25)32)18-24-16-17-28(37-20-22-10-4-2-5-11-22)29(19-24)38-21-23-12-6-3-7-13-23/h2-17,19,27H,18,20-21H2,1H3,(H,33,34)/t27-/m1/s1. The summed E-state index contributed by atoms with van der Waals surface area (Å²) >= 11 is 0. The summed E-state index contributed by atoms with van der Waals surface area (Å²) in [5.41, 5.74) is 2.53. The molecule has 0 fully saturated rings. The average Bonchev–Trinajstić information content (AvgIpc) is 2.96. The first kappa shape index (κ1) is 26.4. The lowest BCUT2D eigenvalue weighted by atomic mass is 10.0. The van der Waals surface area contributed by atoms with Crippen LogP contribution in [0.4, 0.5) is 4.39 Å². The van der Waals surface area contributed by atoms with E-state index in [1.807, 2.05) is 60.7 Å². The minimum atomic E-state index is -1.04. The maximum atomic E-state index is 14.1. The second-order valence-electron chi connectivity index (χ2n) is 8.56. The first-order chi connectivity index (χ1) is 18.5. The van der Waals surface area contributed by atoms with Crippen molar-refractivity contribution < 1.29 is 28.2 Å². The second kappa shape index (κ2) is 13.1. The van der Waals surface area contributed by atoms with Gasteiger partial charge in [-0.2, -0.15) is 0 Å². The molecule has 1 amide bonds. The van der Waals surface area contributed by atoms with Gasteiger partial charge in [0.15, 0.2) is 11.5 Å². The number of methoxy groups -OCH3 is 1. The first-order valence-electron chi connectivity index (χ1n) is 12.1. The van der Waals surface area contributed by atoms with Gasteiger partial charge in [-0.25, -0.2) is 9.18 Å². The first-order valence-corrected chi connectivity index (χ1v) is 12.1. The molecular weight excluding hydrogens is 485 g/mol. The van der Waals surface area contributed by atoms with Gasteiger partial charge in [0.05, 0.1) is 12.7 Å². The number of esters is 1. The number of halogens is 1. The number of nitrogens with one attached hydrogen (secondary N) is 1. The van der Waals surface area contributed by atoms with Crippen molar-refractivity contribution in [2.24, 2.45) is 0 Å². The van der Waals surface area contributed by atoms with Crippen LogP contribution in [0.1, 0.15) is 27.0 Å². The molecule has 0 heterocycles. The summed E-state index contributed by atoms with van der Waals surface area (Å²) in [5, 5.41) is 2.59. The molecule has 194 valence electrons. The monoisotopic (exact) mass is 513 g/mol. The zero-order valence-corrected chi connectivity index (χ0v) is 20.9. The van der Waals surface area contributed by atoms with Gasteiger partial charge in [-0.05, 0) is 41.0 Å². The van der Waals surface area contributed by atoms with Crippen molar-refractivity contribution in [1.29, 1.82) is 0 Å². The number of hydrogen-bond donors (Lipinski definition) is 1. The number of carbonyl (C=O) groups excluding carboxylic acids is 2. The quantitative estimate of drug-likeness (QED) is 0.268. The molecule has 0 unspecified atom stereocenters. The number of carbonyl (C=O) groups is 2. The zero-order valence-electron chi connectivity index (χ0n) is 20.9. The van der Waals surface area contributed by atoms with Crippen molar-refractivity contribution in [3.8, 4) is 11.5 Å². The molecule has 0 aliphatic heterocycles. The van der Waals surface area contributed by atoms with E-state index in [1.165, 1.54) is 25.3 Å². The maximum absolute atomic E-state index is 14.1. The van der Waals surface area contributed by atoms with Crippen molar-refractivity contribution in [3.63, 3.8) is 0 Å². The summed E-state index contributed by atoms with van der Waals surface area (Å²) in [5.74, 6) is -0.997. The van der Waals surface area contributed by atoms with E-state index in [0.717, 1.165) is 11.1 Å². The van der Waals surface area contributed by atoms with Crippen LogP contribution in [0.2, 0.25) is 0 Å². The molecule has 38 heavy (non-hydrogen) atoms. The minimum Gasteiger partial charge on any atom is -0.485 e. The lowest BCUT2D eigenvalue weighted by Crippen LogP contribution is -2.43. The van der Waals surface area contributed by atoms with Crippen LogP contribution >= 0.6 is 0 Å². The molecular formula is C31H28FNO5. The largest absolute Gasteiger partial charge is 0.485 e. The average molecular weight is 514 g/mol. The molecule has 4 rings (SSSR count). The molecule has 0 spiro atoms. The Balaban J connectivity index is 1.54. The van der Waals surface area contributed by atoms with Gasteiger partial charge in [-0.3, -0.25) is 4.79 Å². The maximum Gasteiger partial charge on any atom is 0.328 e. The van der Waals surface area contributed by atoms with E-state index < -0.39 is 23.7 Å². The summed E-state index contributed by atoms with van der Waals surface area (Å²) in [4.78, 5) is 25.2. The topological polar surface area (TPSA) is 73.9 Å². The van der Waals surface area contributed by atoms with Crippen molar-refractivity contribution in [3.05, 3.63) is 131 Å². The molecule has 6 nitrogen and oxygen atoms in total. The van der Waals surface area contributed by atoms with E-state index in [4.69, 9.17) is 14.2 Å². The van der Waals surface area contributed by atoms with Gasteiger partial charge in [0.1, 0.15) is 25.1 Å². The van der Waals surface area contributed by atoms with Crippen molar-refractivity contribution >= 4 is 11.9 Å². The predicted octanol–water partition coefficient (Wildman–Crippen LogP) is 5.50. The highest BCUT2D eigenvalue weighted by molar-refractivity contribution is 5.97. The van der Waals surface area contributed by atoms with Gasteiger partial charge >= 0.3 is 5.97 Å². The van der Waals surface area contributed by atoms with Crippen LogP contribution in [0.15, 0.2) is 103 Å². The van der Waals surface area contributed by atoms with Crippen LogP contribution < -0.4 is 14.8 Å². The fraction of sp³-hybridized carbons (Fsp3) is 0.161. The van der Waals surface area contributed by atoms with Crippen LogP contribution in [0.3, 0.4) is 0 Å². The molecule has 1 N–H and O–H groups in total. The number of ether oxygens (including phenoxy) is 3. The van der Waals surface area contributed by atoms with Gasteiger partial charge in [0, 0.05) is 6.42 Å². The Kier molecular flexibility index (Phi) is 9.07. The molecule has 4 aromatic carbocycles. The smallest absolute Gasteiger partial charge is 0.328 e. The van der Waals surface area contributed by atoms with E-state index in [2.05, 4.69) is 5.32 Å². The number of rotatable bonds is 11. The van der Waals surface area contributed by atoms with Gasteiger partial charge in [0.25, 0.3) is 5.91 Å². The Morgan fingerprint density at radius 3 is 1.92 bits per heavy atom. The van der Waals surface area contributed by atoms with Crippen LogP contribution in [0, 0.1) is 5.82 Å². The highest BCUT2D eigenvalue weighted by Gasteiger charge is 2.24. The molecule has 0 saturated carbocycles. The summed E-state index contributed by atoms with van der Waals surface area (Å²) in [6.07, 6.45) is 0.105. The van der Waals surface area contributed by atoms with Crippen LogP contribution in [0.25, 0.3) is 0 Å². The lowest BCUT2D eigenvalue weighted by Gasteiger charge is -2.19. The molecule has 0 aliphatic rings. The number of amides is 1. The summed E-state index contributed by atoms with van der Waals surface area (Å²) in [6.45, 7) is 0.668. The fourth-order valence-corrected chi connectivity index (χ4v) is 3.83. The normalized spacial score (nSPS) is 11.3. The molecule has 0 aromatic heterocycles. The van der Waals surface area contributed by atoms with Crippen molar-refractivity contribution in [1.82, 2.24) is 5.32 Å². The molecule has 0 saturated heterocycles. The Hall–Kier alpha value is -4.65. The van der Waals surface area contributed by atoms with E-state index in [0.29, 0.717) is 30.3 Å². The highest BCUT2D eigenvalue weighted by Crippen LogP contribution is 2.31. The SMILES string of the molecule is COC(=O)[C@@H](Cc1ccc(OCc2ccccc2)c(OCc2ccccc2)c1)NC(=O)c1ccccc1F. The molecule has 0 aliphatic carbocycles. The Bertz CT molecular complexity index is 1360. The zero-order chi connectivity index (χ0) is 26.7. The van der Waals surface area contributed by atoms with Crippen LogP contribution in [-0.4, -0.2) is 25.0 Å². The summed E-state index contributed by atoms with van der Waals surface area (Å²) in [7, 11) is 1.24. The van der Waals surface area contributed by atoms with Gasteiger partial charge in [-0.1, -0.05) is 78.9 Å². The fourth-order valence-electron chi connectivity index (χ4n) is 3.83. The molecule has 4 aromatic rings. The lowest BCUT2D eigenvalue weighted by molar-refractivity contribution is -0.142. The third-order valence-corrected chi connectivity index (χ3v) is 5.83. The van der Waals surface area contributed by atoms with Gasteiger partial charge in [-0.15, -0.1) is 0 Å². The number of benzene rings is 4. The van der Waals surface area contributed by atoms with E-state index in [9.17, 15) is 14.0 Å². The predicted molar refractivity (Wildman–Crippen MR) is 141 cm³/mol. The van der Waals surface area contributed by atoms with E-state index in [-0.39, 0.29) is 12.0 Å². The summed E-state index contributed by atoms with van der Waals surface area (Å²) < 4.78 is 31.2. The van der Waals surface area contributed by atoms with E-state index in [1.54, 1.807) is 24.3 Å². The van der Waals surface area contributed by atoms with E-state index >= 15 is 0 Å². The third kappa shape index (κ3) is 7.20.